The highest BCUT2D eigenvalue weighted by Crippen LogP contribution is 2.23. The highest BCUT2D eigenvalue weighted by molar-refractivity contribution is 5.85. The van der Waals surface area contributed by atoms with E-state index < -0.39 is 0 Å². The Hall–Kier alpha value is -1.06. The van der Waals surface area contributed by atoms with Gasteiger partial charge in [0, 0.05) is 19.1 Å². The quantitative estimate of drug-likeness (QED) is 0.913. The maximum atomic E-state index is 12.4. The molecular weight excluding hydrogens is 248 g/mol. The third-order valence-corrected chi connectivity index (χ3v) is 3.44. The van der Waals surface area contributed by atoms with Gasteiger partial charge in [0.25, 0.3) is 0 Å². The van der Waals surface area contributed by atoms with Crippen molar-refractivity contribution in [2.45, 2.75) is 31.7 Å². The lowest BCUT2D eigenvalue weighted by Crippen LogP contribution is -2.35. The van der Waals surface area contributed by atoms with Gasteiger partial charge in [0.05, 0.1) is 5.92 Å². The zero-order chi connectivity index (χ0) is 12.3. The Morgan fingerprint density at radius 2 is 2.11 bits per heavy atom. The molecule has 2 rings (SSSR count). The zero-order valence-electron chi connectivity index (χ0n) is 10.7. The van der Waals surface area contributed by atoms with Crippen LogP contribution in [0.4, 0.5) is 0 Å². The van der Waals surface area contributed by atoms with Crippen molar-refractivity contribution in [3.05, 3.63) is 35.9 Å². The van der Waals surface area contributed by atoms with Crippen molar-refractivity contribution in [1.29, 1.82) is 0 Å². The van der Waals surface area contributed by atoms with Crippen LogP contribution in [0, 0.1) is 0 Å². The van der Waals surface area contributed by atoms with Gasteiger partial charge in [-0.1, -0.05) is 37.3 Å². The molecule has 1 aliphatic rings. The van der Waals surface area contributed by atoms with Crippen LogP contribution in [0.1, 0.15) is 31.2 Å². The van der Waals surface area contributed by atoms with Gasteiger partial charge in [0.2, 0.25) is 5.91 Å². The Bertz CT molecular complexity index is 383. The monoisotopic (exact) mass is 268 g/mol. The third kappa shape index (κ3) is 3.24. The van der Waals surface area contributed by atoms with Crippen LogP contribution < -0.4 is 5.73 Å². The molecule has 1 unspecified atom stereocenters. The fraction of sp³-hybridized carbons (Fsp3) is 0.500. The van der Waals surface area contributed by atoms with Crippen LogP contribution >= 0.6 is 12.4 Å². The van der Waals surface area contributed by atoms with Crippen LogP contribution in [0.15, 0.2) is 30.3 Å². The molecule has 3 nitrogen and oxygen atoms in total. The van der Waals surface area contributed by atoms with Gasteiger partial charge < -0.3 is 10.6 Å². The molecule has 0 saturated carbocycles. The maximum Gasteiger partial charge on any atom is 0.230 e. The van der Waals surface area contributed by atoms with Crippen molar-refractivity contribution >= 4 is 18.3 Å². The molecular formula is C14H21ClN2O. The van der Waals surface area contributed by atoms with Crippen molar-refractivity contribution in [1.82, 2.24) is 4.90 Å². The summed E-state index contributed by atoms with van der Waals surface area (Å²) in [5.74, 6) is 0.216. The minimum atomic E-state index is -0.0125. The second-order valence-electron chi connectivity index (χ2n) is 4.70. The van der Waals surface area contributed by atoms with Crippen molar-refractivity contribution < 1.29 is 4.79 Å². The van der Waals surface area contributed by atoms with E-state index in [1.165, 1.54) is 0 Å². The van der Waals surface area contributed by atoms with Crippen molar-refractivity contribution in [3.8, 4) is 0 Å². The van der Waals surface area contributed by atoms with E-state index in [2.05, 4.69) is 6.92 Å². The first kappa shape index (κ1) is 15.0. The summed E-state index contributed by atoms with van der Waals surface area (Å²) in [7, 11) is 0. The Morgan fingerprint density at radius 1 is 1.44 bits per heavy atom. The number of rotatable bonds is 3. The predicted octanol–water partition coefficient (Wildman–Crippen LogP) is 2.16. The minimum Gasteiger partial charge on any atom is -0.341 e. The highest BCUT2D eigenvalue weighted by Gasteiger charge is 2.29. The molecule has 1 aromatic carbocycles. The normalized spacial score (nSPS) is 20.3. The van der Waals surface area contributed by atoms with Gasteiger partial charge in [-0.2, -0.15) is 0 Å². The number of hydrogen-bond donors (Lipinski definition) is 1. The Kier molecular flexibility index (Phi) is 5.63. The number of benzene rings is 1. The lowest BCUT2D eigenvalue weighted by atomic mass is 9.95. The largest absolute Gasteiger partial charge is 0.341 e. The van der Waals surface area contributed by atoms with Gasteiger partial charge in [-0.05, 0) is 18.4 Å². The van der Waals surface area contributed by atoms with Crippen LogP contribution in [0.3, 0.4) is 0 Å². The average Bonchev–Trinajstić information content (AvgIpc) is 2.78. The lowest BCUT2D eigenvalue weighted by Gasteiger charge is -2.22. The number of carbonyl (C=O) groups is 1. The predicted molar refractivity (Wildman–Crippen MR) is 75.9 cm³/mol. The highest BCUT2D eigenvalue weighted by atomic mass is 35.5. The molecule has 1 amide bonds. The molecule has 0 aromatic heterocycles. The third-order valence-electron chi connectivity index (χ3n) is 3.44. The molecule has 1 saturated heterocycles. The molecule has 100 valence electrons. The first-order valence-corrected chi connectivity index (χ1v) is 6.31. The van der Waals surface area contributed by atoms with Gasteiger partial charge >= 0.3 is 0 Å². The van der Waals surface area contributed by atoms with Crippen molar-refractivity contribution in [2.75, 3.05) is 13.1 Å². The molecule has 1 fully saturated rings. The lowest BCUT2D eigenvalue weighted by molar-refractivity contribution is -0.131. The summed E-state index contributed by atoms with van der Waals surface area (Å²) < 4.78 is 0. The molecule has 2 atom stereocenters. The van der Waals surface area contributed by atoms with Crippen LogP contribution in [0.2, 0.25) is 0 Å². The van der Waals surface area contributed by atoms with Crippen LogP contribution in [-0.4, -0.2) is 29.9 Å². The van der Waals surface area contributed by atoms with Crippen molar-refractivity contribution in [3.63, 3.8) is 0 Å². The number of likely N-dealkylation sites (tertiary alicyclic amines) is 1. The summed E-state index contributed by atoms with van der Waals surface area (Å²) in [6.45, 7) is 3.58. The minimum absolute atomic E-state index is 0. The van der Waals surface area contributed by atoms with E-state index in [-0.39, 0.29) is 30.3 Å². The molecule has 0 aliphatic carbocycles. The molecule has 0 bridgehead atoms. The van der Waals surface area contributed by atoms with E-state index >= 15 is 0 Å². The SMILES string of the molecule is CCC(C(=O)N1CC[C@@H](N)C1)c1ccccc1.Cl. The van der Waals surface area contributed by atoms with Crippen molar-refractivity contribution in [2.24, 2.45) is 5.73 Å². The van der Waals surface area contributed by atoms with Gasteiger partial charge in [-0.3, -0.25) is 4.79 Å². The van der Waals surface area contributed by atoms with Gasteiger partial charge in [0.1, 0.15) is 0 Å². The van der Waals surface area contributed by atoms with E-state index in [4.69, 9.17) is 5.73 Å². The van der Waals surface area contributed by atoms with Crippen LogP contribution in [-0.2, 0) is 4.79 Å². The van der Waals surface area contributed by atoms with Gasteiger partial charge in [-0.15, -0.1) is 12.4 Å². The smallest absolute Gasteiger partial charge is 0.230 e. The number of nitrogens with two attached hydrogens (primary N) is 1. The number of nitrogens with zero attached hydrogens (tertiary/aromatic N) is 1. The Balaban J connectivity index is 0.00000162. The summed E-state index contributed by atoms with van der Waals surface area (Å²) in [5.41, 5.74) is 6.96. The second kappa shape index (κ2) is 6.76. The second-order valence-corrected chi connectivity index (χ2v) is 4.70. The molecule has 0 spiro atoms. The van der Waals surface area contributed by atoms with E-state index in [9.17, 15) is 4.79 Å². The van der Waals surface area contributed by atoms with Gasteiger partial charge in [0.15, 0.2) is 0 Å². The van der Waals surface area contributed by atoms with E-state index in [1.54, 1.807) is 0 Å². The molecule has 2 N–H and O–H groups in total. The van der Waals surface area contributed by atoms with Crippen LogP contribution in [0.25, 0.3) is 0 Å². The fourth-order valence-corrected chi connectivity index (χ4v) is 2.45. The van der Waals surface area contributed by atoms with E-state index in [0.717, 1.165) is 24.9 Å². The summed E-state index contributed by atoms with van der Waals surface area (Å²) >= 11 is 0. The van der Waals surface area contributed by atoms with Gasteiger partial charge in [-0.25, -0.2) is 0 Å². The number of halogens is 1. The molecule has 0 radical (unpaired) electrons. The molecule has 4 heteroatoms. The summed E-state index contributed by atoms with van der Waals surface area (Å²) in [4.78, 5) is 14.3. The number of amides is 1. The summed E-state index contributed by atoms with van der Waals surface area (Å²) in [6.07, 6.45) is 1.77. The summed E-state index contributed by atoms with van der Waals surface area (Å²) in [6, 6.07) is 10.2. The standard InChI is InChI=1S/C14H20N2O.ClH/c1-2-13(11-6-4-3-5-7-11)14(17)16-9-8-12(15)10-16;/h3-7,12-13H,2,8-10,15H2,1H3;1H/t12-,13?;/m1./s1. The summed E-state index contributed by atoms with van der Waals surface area (Å²) in [5, 5.41) is 0. The average molecular weight is 269 g/mol. The van der Waals surface area contributed by atoms with E-state index in [0.29, 0.717) is 6.54 Å². The zero-order valence-corrected chi connectivity index (χ0v) is 11.5. The first-order chi connectivity index (χ1) is 8.22. The fourth-order valence-electron chi connectivity index (χ4n) is 2.45. The number of hydrogen-bond acceptors (Lipinski definition) is 2. The number of carbonyl (C=O) groups excluding carboxylic acids is 1. The Morgan fingerprint density at radius 3 is 2.61 bits per heavy atom. The maximum absolute atomic E-state index is 12.4. The van der Waals surface area contributed by atoms with Crippen LogP contribution in [0.5, 0.6) is 0 Å². The molecule has 1 aliphatic heterocycles. The Labute approximate surface area is 115 Å². The topological polar surface area (TPSA) is 46.3 Å². The molecule has 18 heavy (non-hydrogen) atoms. The first-order valence-electron chi connectivity index (χ1n) is 6.31. The molecule has 1 aromatic rings. The van der Waals surface area contributed by atoms with E-state index in [1.807, 2.05) is 35.2 Å². The molecule has 1 heterocycles.